The molecule has 0 aliphatic carbocycles. The number of ether oxygens (including phenoxy) is 1. The zero-order valence-electron chi connectivity index (χ0n) is 23.9. The number of aryl methyl sites for hydroxylation is 1. The number of carbonyl (C=O) groups excluding carboxylic acids is 2. The molecule has 0 aromatic heterocycles. The van der Waals surface area contributed by atoms with Crippen LogP contribution in [0.1, 0.15) is 16.7 Å². The molecule has 9 heteroatoms. The van der Waals surface area contributed by atoms with Gasteiger partial charge in [-0.1, -0.05) is 78.4 Å². The molecule has 4 rings (SSSR count). The number of benzene rings is 4. The quantitative estimate of drug-likeness (QED) is 0.263. The van der Waals surface area contributed by atoms with Gasteiger partial charge in [0.05, 0.1) is 17.7 Å². The summed E-state index contributed by atoms with van der Waals surface area (Å²) in [4.78, 5) is 29.1. The molecule has 0 radical (unpaired) electrons. The van der Waals surface area contributed by atoms with Crippen LogP contribution in [0, 0.1) is 6.92 Å². The van der Waals surface area contributed by atoms with Crippen molar-refractivity contribution in [2.75, 3.05) is 25.0 Å². The van der Waals surface area contributed by atoms with Crippen molar-refractivity contribution in [3.05, 3.63) is 126 Å². The number of likely N-dealkylation sites (N-methyl/N-ethyl adjacent to an activating group) is 1. The van der Waals surface area contributed by atoms with E-state index < -0.39 is 28.5 Å². The van der Waals surface area contributed by atoms with Crippen LogP contribution in [0.4, 0.5) is 5.69 Å². The van der Waals surface area contributed by atoms with E-state index in [-0.39, 0.29) is 23.8 Å². The first-order valence-corrected chi connectivity index (χ1v) is 15.0. The van der Waals surface area contributed by atoms with Gasteiger partial charge in [-0.2, -0.15) is 0 Å². The Hall–Kier alpha value is -4.63. The summed E-state index contributed by atoms with van der Waals surface area (Å²) in [6.07, 6.45) is 0.256. The Bertz CT molecular complexity index is 1590. The molecule has 218 valence electrons. The first-order chi connectivity index (χ1) is 20.2. The lowest BCUT2D eigenvalue weighted by atomic mass is 10.0. The van der Waals surface area contributed by atoms with Crippen molar-refractivity contribution < 1.29 is 22.7 Å². The summed E-state index contributed by atoms with van der Waals surface area (Å²) in [6.45, 7) is 1.55. The SMILES string of the molecule is CNC(=O)C(Cc1ccccc1)N(Cc1cccc(C)c1)C(=O)CN(c1ccc(OC)cc1)S(=O)(=O)c1ccccc1. The average molecular weight is 586 g/mol. The van der Waals surface area contributed by atoms with E-state index in [1.54, 1.807) is 42.5 Å². The maximum Gasteiger partial charge on any atom is 0.264 e. The molecular weight excluding hydrogens is 550 g/mol. The van der Waals surface area contributed by atoms with Crippen LogP contribution in [-0.4, -0.2) is 51.9 Å². The molecule has 0 saturated carbocycles. The highest BCUT2D eigenvalue weighted by Crippen LogP contribution is 2.27. The summed E-state index contributed by atoms with van der Waals surface area (Å²) in [5, 5.41) is 2.69. The number of hydrogen-bond donors (Lipinski definition) is 1. The maximum absolute atomic E-state index is 14.3. The molecule has 4 aromatic rings. The second kappa shape index (κ2) is 13.8. The van der Waals surface area contributed by atoms with E-state index in [0.29, 0.717) is 11.4 Å². The van der Waals surface area contributed by atoms with Crippen molar-refractivity contribution >= 4 is 27.5 Å². The molecule has 42 heavy (non-hydrogen) atoms. The van der Waals surface area contributed by atoms with Crippen molar-refractivity contribution in [3.8, 4) is 5.75 Å². The summed E-state index contributed by atoms with van der Waals surface area (Å²) in [7, 11) is -1.10. The van der Waals surface area contributed by atoms with Crippen LogP contribution >= 0.6 is 0 Å². The zero-order chi connectivity index (χ0) is 30.1. The van der Waals surface area contributed by atoms with E-state index in [4.69, 9.17) is 4.74 Å². The van der Waals surface area contributed by atoms with Gasteiger partial charge >= 0.3 is 0 Å². The molecule has 0 bridgehead atoms. The van der Waals surface area contributed by atoms with Gasteiger partial charge in [0.1, 0.15) is 18.3 Å². The van der Waals surface area contributed by atoms with E-state index >= 15 is 0 Å². The topological polar surface area (TPSA) is 96.0 Å². The largest absolute Gasteiger partial charge is 0.497 e. The van der Waals surface area contributed by atoms with Gasteiger partial charge in [-0.15, -0.1) is 0 Å². The Morgan fingerprint density at radius 3 is 2.05 bits per heavy atom. The minimum absolute atomic E-state index is 0.0472. The van der Waals surface area contributed by atoms with Crippen LogP contribution in [-0.2, 0) is 32.6 Å². The molecule has 1 N–H and O–H groups in total. The number of amides is 2. The maximum atomic E-state index is 14.3. The lowest BCUT2D eigenvalue weighted by Gasteiger charge is -2.33. The first kappa shape index (κ1) is 30.3. The smallest absolute Gasteiger partial charge is 0.264 e. The highest BCUT2D eigenvalue weighted by atomic mass is 32.2. The molecule has 1 unspecified atom stereocenters. The number of nitrogens with zero attached hydrogens (tertiary/aromatic N) is 2. The van der Waals surface area contributed by atoms with Gasteiger partial charge in [-0.05, 0) is 54.4 Å². The number of nitrogens with one attached hydrogen (secondary N) is 1. The lowest BCUT2D eigenvalue weighted by molar-refractivity contribution is -0.139. The number of methoxy groups -OCH3 is 1. The molecular formula is C33H35N3O5S. The van der Waals surface area contributed by atoms with Crippen molar-refractivity contribution in [2.45, 2.75) is 30.8 Å². The molecule has 1 atom stereocenters. The third kappa shape index (κ3) is 7.36. The van der Waals surface area contributed by atoms with Crippen LogP contribution in [0.25, 0.3) is 0 Å². The Labute approximate surface area is 247 Å². The van der Waals surface area contributed by atoms with E-state index in [2.05, 4.69) is 5.32 Å². The van der Waals surface area contributed by atoms with E-state index in [9.17, 15) is 18.0 Å². The predicted molar refractivity (Wildman–Crippen MR) is 164 cm³/mol. The molecule has 0 aliphatic heterocycles. The molecule has 0 fully saturated rings. The van der Waals surface area contributed by atoms with E-state index in [1.807, 2.05) is 61.5 Å². The number of hydrogen-bond acceptors (Lipinski definition) is 5. The molecule has 0 heterocycles. The number of anilines is 1. The summed E-state index contributed by atoms with van der Waals surface area (Å²) in [5.74, 6) is -0.316. The second-order valence-corrected chi connectivity index (χ2v) is 11.7. The lowest BCUT2D eigenvalue weighted by Crippen LogP contribution is -2.53. The zero-order valence-corrected chi connectivity index (χ0v) is 24.8. The fourth-order valence-corrected chi connectivity index (χ4v) is 6.16. The van der Waals surface area contributed by atoms with Crippen LogP contribution in [0.15, 0.2) is 114 Å². The second-order valence-electron chi connectivity index (χ2n) is 9.85. The molecule has 0 saturated heterocycles. The Morgan fingerprint density at radius 2 is 1.45 bits per heavy atom. The molecule has 4 aromatic carbocycles. The fourth-order valence-electron chi connectivity index (χ4n) is 4.72. The number of carbonyl (C=O) groups is 2. The summed E-state index contributed by atoms with van der Waals surface area (Å²) in [5.41, 5.74) is 3.00. The van der Waals surface area contributed by atoms with Crippen LogP contribution in [0.3, 0.4) is 0 Å². The minimum atomic E-state index is -4.15. The summed E-state index contributed by atoms with van der Waals surface area (Å²) < 4.78 is 34.2. The fraction of sp³-hybridized carbons (Fsp3) is 0.212. The number of sulfonamides is 1. The van der Waals surface area contributed by atoms with Gasteiger partial charge in [-0.25, -0.2) is 8.42 Å². The van der Waals surface area contributed by atoms with E-state index in [0.717, 1.165) is 21.0 Å². The van der Waals surface area contributed by atoms with Gasteiger partial charge in [0.2, 0.25) is 11.8 Å². The Kier molecular flexibility index (Phi) is 9.98. The average Bonchev–Trinajstić information content (AvgIpc) is 3.02. The van der Waals surface area contributed by atoms with Crippen molar-refractivity contribution in [2.24, 2.45) is 0 Å². The van der Waals surface area contributed by atoms with Gasteiger partial charge < -0.3 is 15.0 Å². The van der Waals surface area contributed by atoms with E-state index in [1.165, 1.54) is 31.2 Å². The van der Waals surface area contributed by atoms with Gasteiger partial charge in [0, 0.05) is 20.0 Å². The van der Waals surface area contributed by atoms with Crippen molar-refractivity contribution in [1.29, 1.82) is 0 Å². The van der Waals surface area contributed by atoms with Crippen molar-refractivity contribution in [1.82, 2.24) is 10.2 Å². The van der Waals surface area contributed by atoms with Gasteiger partial charge in [-0.3, -0.25) is 13.9 Å². The third-order valence-corrected chi connectivity index (χ3v) is 8.71. The highest BCUT2D eigenvalue weighted by molar-refractivity contribution is 7.92. The standard InChI is InChI=1S/C33H35N3O5S/c1-25-11-10-14-27(21-25)23-35(31(33(38)34-2)22-26-12-6-4-7-13-26)32(37)24-36(28-17-19-29(41-3)20-18-28)42(39,40)30-15-8-5-9-16-30/h4-21,31H,22-24H2,1-3H3,(H,34,38). The predicted octanol–water partition coefficient (Wildman–Crippen LogP) is 4.59. The third-order valence-electron chi connectivity index (χ3n) is 6.92. The van der Waals surface area contributed by atoms with Crippen LogP contribution in [0.5, 0.6) is 5.75 Å². The van der Waals surface area contributed by atoms with Crippen LogP contribution < -0.4 is 14.4 Å². The number of rotatable bonds is 12. The molecule has 2 amide bonds. The van der Waals surface area contributed by atoms with Gasteiger partial charge in [0.15, 0.2) is 0 Å². The molecule has 0 aliphatic rings. The minimum Gasteiger partial charge on any atom is -0.497 e. The highest BCUT2D eigenvalue weighted by Gasteiger charge is 2.34. The Morgan fingerprint density at radius 1 is 0.833 bits per heavy atom. The first-order valence-electron chi connectivity index (χ1n) is 13.6. The molecule has 8 nitrogen and oxygen atoms in total. The summed E-state index contributed by atoms with van der Waals surface area (Å²) in [6, 6.07) is 30.7. The normalized spacial score (nSPS) is 11.8. The summed E-state index contributed by atoms with van der Waals surface area (Å²) >= 11 is 0. The molecule has 0 spiro atoms. The van der Waals surface area contributed by atoms with Crippen molar-refractivity contribution in [3.63, 3.8) is 0 Å². The van der Waals surface area contributed by atoms with Crippen LogP contribution in [0.2, 0.25) is 0 Å². The Balaban J connectivity index is 1.78. The monoisotopic (exact) mass is 585 g/mol. The van der Waals surface area contributed by atoms with Gasteiger partial charge in [0.25, 0.3) is 10.0 Å².